The lowest BCUT2D eigenvalue weighted by molar-refractivity contribution is -0.115. The van der Waals surface area contributed by atoms with Gasteiger partial charge in [-0.3, -0.25) is 15.1 Å². The molecule has 0 unspecified atom stereocenters. The van der Waals surface area contributed by atoms with E-state index in [2.05, 4.69) is 22.0 Å². The lowest BCUT2D eigenvalue weighted by atomic mass is 10.0. The van der Waals surface area contributed by atoms with Crippen LogP contribution in [0.4, 0.5) is 10.3 Å². The van der Waals surface area contributed by atoms with Crippen LogP contribution in [0, 0.1) is 5.82 Å². The number of nitrogens with one attached hydrogen (secondary N) is 1. The maximum absolute atomic E-state index is 13.3. The molecule has 0 aliphatic heterocycles. The number of hydrogen-bond acceptors (Lipinski definition) is 5. The number of carbonyl (C=O) groups is 1. The molecule has 6 nitrogen and oxygen atoms in total. The largest absolute Gasteiger partial charge is 0.405 e. The van der Waals surface area contributed by atoms with Crippen LogP contribution >= 0.6 is 11.6 Å². The van der Waals surface area contributed by atoms with Crippen molar-refractivity contribution in [2.45, 2.75) is 6.42 Å². The zero-order chi connectivity index (χ0) is 21.5. The number of nitrogens with zero attached hydrogens (tertiary/aromatic N) is 2. The number of amides is 1. The summed E-state index contributed by atoms with van der Waals surface area (Å²) in [5.74, 6) is -0.676. The molecule has 0 bridgehead atoms. The fourth-order valence-electron chi connectivity index (χ4n) is 2.78. The molecule has 0 aliphatic rings. The summed E-state index contributed by atoms with van der Waals surface area (Å²) in [5.41, 5.74) is 7.89. The van der Waals surface area contributed by atoms with Crippen molar-refractivity contribution >= 4 is 29.1 Å². The van der Waals surface area contributed by atoms with Crippen molar-refractivity contribution in [3.63, 3.8) is 0 Å². The third-order valence-electron chi connectivity index (χ3n) is 4.11. The molecule has 8 heteroatoms. The second-order valence-electron chi connectivity index (χ2n) is 6.11. The molecule has 3 aromatic rings. The second-order valence-corrected chi connectivity index (χ2v) is 6.52. The minimum absolute atomic E-state index is 0.0341. The number of benzene rings is 2. The van der Waals surface area contributed by atoms with Gasteiger partial charge in [-0.25, -0.2) is 4.39 Å². The van der Waals surface area contributed by atoms with Crippen molar-refractivity contribution < 1.29 is 13.7 Å². The Labute approximate surface area is 177 Å². The number of nitrogens with two attached hydrogens (primary N) is 1. The predicted molar refractivity (Wildman–Crippen MR) is 116 cm³/mol. The Balaban J connectivity index is 2.00. The lowest BCUT2D eigenvalue weighted by Gasteiger charge is -2.07. The molecule has 0 fully saturated rings. The topological polar surface area (TPSA) is 93.5 Å². The average Bonchev–Trinajstić information content (AvgIpc) is 3.13. The smallest absolute Gasteiger partial charge is 0.241 e. The van der Waals surface area contributed by atoms with Crippen molar-refractivity contribution in [2.75, 3.05) is 5.32 Å². The zero-order valence-corrected chi connectivity index (χ0v) is 16.6. The minimum Gasteiger partial charge on any atom is -0.405 e. The summed E-state index contributed by atoms with van der Waals surface area (Å²) >= 11 is 6.13. The quantitative estimate of drug-likeness (QED) is 0.536. The molecule has 152 valence electrons. The van der Waals surface area contributed by atoms with Gasteiger partial charge in [0.25, 0.3) is 0 Å². The molecule has 0 radical (unpaired) electrons. The van der Waals surface area contributed by atoms with Crippen LogP contribution in [0.2, 0.25) is 5.02 Å². The van der Waals surface area contributed by atoms with E-state index in [4.69, 9.17) is 21.9 Å². The standard InChI is InChI=1S/C22H18ClFN4O2/c1-2-26-18(11-12-25)20-21(14-7-9-16(24)10-8-14)28-30-22(20)27-19(29)13-15-5-3-4-6-17(15)23/h2-12H,1,13,25H2,(H,27,29)/b12-11-,26-18?. The Morgan fingerprint density at radius 3 is 2.67 bits per heavy atom. The van der Waals surface area contributed by atoms with E-state index in [0.29, 0.717) is 33.1 Å². The number of halogens is 2. The summed E-state index contributed by atoms with van der Waals surface area (Å²) in [6, 6.07) is 12.7. The van der Waals surface area contributed by atoms with E-state index in [9.17, 15) is 9.18 Å². The molecular formula is C22H18ClFN4O2. The van der Waals surface area contributed by atoms with E-state index in [1.165, 1.54) is 30.6 Å². The Morgan fingerprint density at radius 1 is 1.27 bits per heavy atom. The van der Waals surface area contributed by atoms with Crippen molar-refractivity contribution in [3.8, 4) is 11.3 Å². The van der Waals surface area contributed by atoms with Gasteiger partial charge in [0.05, 0.1) is 17.7 Å². The van der Waals surface area contributed by atoms with Gasteiger partial charge in [-0.2, -0.15) is 0 Å². The summed E-state index contributed by atoms with van der Waals surface area (Å²) < 4.78 is 18.7. The van der Waals surface area contributed by atoms with Crippen LogP contribution in [-0.4, -0.2) is 16.8 Å². The number of allylic oxidation sites excluding steroid dienone is 1. The Bertz CT molecular complexity index is 1120. The van der Waals surface area contributed by atoms with Gasteiger partial charge < -0.3 is 10.3 Å². The highest BCUT2D eigenvalue weighted by Gasteiger charge is 2.23. The number of rotatable bonds is 7. The van der Waals surface area contributed by atoms with Crippen molar-refractivity contribution in [3.05, 3.63) is 95.6 Å². The van der Waals surface area contributed by atoms with Crippen molar-refractivity contribution in [2.24, 2.45) is 10.7 Å². The van der Waals surface area contributed by atoms with Crippen LogP contribution in [-0.2, 0) is 11.2 Å². The van der Waals surface area contributed by atoms with Gasteiger partial charge in [-0.1, -0.05) is 41.5 Å². The zero-order valence-electron chi connectivity index (χ0n) is 15.8. The number of hydrogen-bond donors (Lipinski definition) is 2. The Morgan fingerprint density at radius 2 is 2.00 bits per heavy atom. The molecule has 2 aromatic carbocycles. The van der Waals surface area contributed by atoms with Gasteiger partial charge >= 0.3 is 0 Å². The highest BCUT2D eigenvalue weighted by molar-refractivity contribution is 6.31. The van der Waals surface area contributed by atoms with Gasteiger partial charge in [0.2, 0.25) is 11.8 Å². The maximum atomic E-state index is 13.3. The fourth-order valence-corrected chi connectivity index (χ4v) is 2.99. The summed E-state index contributed by atoms with van der Waals surface area (Å²) in [4.78, 5) is 16.8. The van der Waals surface area contributed by atoms with Gasteiger partial charge in [-0.15, -0.1) is 0 Å². The maximum Gasteiger partial charge on any atom is 0.241 e. The Kier molecular flexibility index (Phi) is 6.77. The summed E-state index contributed by atoms with van der Waals surface area (Å²) in [5, 5.41) is 7.23. The minimum atomic E-state index is -0.390. The summed E-state index contributed by atoms with van der Waals surface area (Å²) in [6.45, 7) is 3.60. The molecule has 0 saturated heterocycles. The number of aliphatic imine (C=N–C) groups is 1. The van der Waals surface area contributed by atoms with Crippen molar-refractivity contribution in [1.29, 1.82) is 0 Å². The molecule has 1 aromatic heterocycles. The van der Waals surface area contributed by atoms with Crippen LogP contribution in [0.1, 0.15) is 11.1 Å². The molecule has 0 spiro atoms. The van der Waals surface area contributed by atoms with Crippen LogP contribution in [0.25, 0.3) is 11.3 Å². The molecule has 1 amide bonds. The molecule has 3 N–H and O–H groups in total. The fraction of sp³-hybridized carbons (Fsp3) is 0.0455. The first-order valence-electron chi connectivity index (χ1n) is 8.89. The third-order valence-corrected chi connectivity index (χ3v) is 4.48. The van der Waals surface area contributed by atoms with Crippen LogP contribution in [0.15, 0.2) is 83.1 Å². The van der Waals surface area contributed by atoms with Gasteiger partial charge in [0, 0.05) is 16.8 Å². The number of aromatic nitrogens is 1. The van der Waals surface area contributed by atoms with E-state index in [-0.39, 0.29) is 24.0 Å². The molecule has 0 atom stereocenters. The van der Waals surface area contributed by atoms with E-state index >= 15 is 0 Å². The normalized spacial score (nSPS) is 11.6. The van der Waals surface area contributed by atoms with Crippen molar-refractivity contribution in [1.82, 2.24) is 5.16 Å². The summed E-state index contributed by atoms with van der Waals surface area (Å²) in [6.07, 6.45) is 4.17. The predicted octanol–water partition coefficient (Wildman–Crippen LogP) is 4.72. The summed E-state index contributed by atoms with van der Waals surface area (Å²) in [7, 11) is 0. The highest BCUT2D eigenvalue weighted by atomic mass is 35.5. The highest BCUT2D eigenvalue weighted by Crippen LogP contribution is 2.30. The number of anilines is 1. The average molecular weight is 425 g/mol. The molecule has 1 heterocycles. The molecular weight excluding hydrogens is 407 g/mol. The second kappa shape index (κ2) is 9.67. The Hall–Kier alpha value is -3.71. The first-order chi connectivity index (χ1) is 14.5. The van der Waals surface area contributed by atoms with E-state index in [1.54, 1.807) is 36.4 Å². The molecule has 0 aliphatic carbocycles. The van der Waals surface area contributed by atoms with E-state index in [1.807, 2.05) is 0 Å². The van der Waals surface area contributed by atoms with E-state index in [0.717, 1.165) is 0 Å². The lowest BCUT2D eigenvalue weighted by Crippen LogP contribution is -2.16. The van der Waals surface area contributed by atoms with Gasteiger partial charge in [0.15, 0.2) is 0 Å². The van der Waals surface area contributed by atoms with Gasteiger partial charge in [-0.05, 0) is 48.2 Å². The van der Waals surface area contributed by atoms with Crippen LogP contribution < -0.4 is 11.1 Å². The monoisotopic (exact) mass is 424 g/mol. The molecule has 30 heavy (non-hydrogen) atoms. The van der Waals surface area contributed by atoms with E-state index < -0.39 is 0 Å². The first-order valence-corrected chi connectivity index (χ1v) is 9.27. The van der Waals surface area contributed by atoms with Crippen LogP contribution in [0.3, 0.4) is 0 Å². The molecule has 3 rings (SSSR count). The van der Waals surface area contributed by atoms with Crippen LogP contribution in [0.5, 0.6) is 0 Å². The third kappa shape index (κ3) is 4.82. The first kappa shape index (κ1) is 21.0. The SMILES string of the molecule is C=CN=C(/C=C\N)c1c(-c2ccc(F)cc2)noc1NC(=O)Cc1ccccc1Cl. The number of carbonyl (C=O) groups excluding carboxylic acids is 1. The molecule has 0 saturated carbocycles. The van der Waals surface area contributed by atoms with Gasteiger partial charge in [0.1, 0.15) is 11.5 Å².